The van der Waals surface area contributed by atoms with Crippen molar-refractivity contribution in [2.45, 2.75) is 38.1 Å². The summed E-state index contributed by atoms with van der Waals surface area (Å²) in [5, 5.41) is 9.34. The predicted octanol–water partition coefficient (Wildman–Crippen LogP) is 2.25. The van der Waals surface area contributed by atoms with Crippen molar-refractivity contribution in [2.24, 2.45) is 5.92 Å². The van der Waals surface area contributed by atoms with Crippen molar-refractivity contribution in [3.05, 3.63) is 35.4 Å². The van der Waals surface area contributed by atoms with E-state index in [1.165, 1.54) is 38.6 Å². The van der Waals surface area contributed by atoms with Gasteiger partial charge < -0.3 is 5.11 Å². The van der Waals surface area contributed by atoms with E-state index in [-0.39, 0.29) is 0 Å². The van der Waals surface area contributed by atoms with Gasteiger partial charge in [0.05, 0.1) is 0 Å². The molecule has 3 rings (SSSR count). The molecule has 2 heteroatoms. The zero-order valence-corrected chi connectivity index (χ0v) is 11.0. The third-order valence-electron chi connectivity index (χ3n) is 4.65. The summed E-state index contributed by atoms with van der Waals surface area (Å²) < 4.78 is 0. The fourth-order valence-corrected chi connectivity index (χ4v) is 3.57. The third kappa shape index (κ3) is 2.45. The van der Waals surface area contributed by atoms with Crippen molar-refractivity contribution < 1.29 is 5.11 Å². The number of hydrogen-bond donors (Lipinski definition) is 1. The van der Waals surface area contributed by atoms with Crippen LogP contribution in [-0.4, -0.2) is 35.7 Å². The molecule has 98 valence electrons. The van der Waals surface area contributed by atoms with Gasteiger partial charge in [0.1, 0.15) is 0 Å². The van der Waals surface area contributed by atoms with E-state index in [0.29, 0.717) is 18.6 Å². The first-order valence-corrected chi connectivity index (χ1v) is 7.28. The Balaban J connectivity index is 1.68. The number of likely N-dealkylation sites (tertiary alicyclic amines) is 1. The van der Waals surface area contributed by atoms with Crippen LogP contribution in [-0.2, 0) is 12.8 Å². The van der Waals surface area contributed by atoms with Gasteiger partial charge in [-0.3, -0.25) is 4.90 Å². The molecule has 2 atom stereocenters. The van der Waals surface area contributed by atoms with Crippen molar-refractivity contribution >= 4 is 0 Å². The molecule has 0 unspecified atom stereocenters. The van der Waals surface area contributed by atoms with Gasteiger partial charge in [0.25, 0.3) is 0 Å². The molecule has 1 heterocycles. The maximum atomic E-state index is 9.34. The van der Waals surface area contributed by atoms with Crippen molar-refractivity contribution in [3.8, 4) is 0 Å². The summed E-state index contributed by atoms with van der Waals surface area (Å²) in [5.41, 5.74) is 3.09. The molecule has 1 fully saturated rings. The van der Waals surface area contributed by atoms with E-state index in [9.17, 15) is 5.11 Å². The van der Waals surface area contributed by atoms with Crippen LogP contribution in [0.3, 0.4) is 0 Å². The molecule has 0 amide bonds. The van der Waals surface area contributed by atoms with Crippen LogP contribution in [0.25, 0.3) is 0 Å². The SMILES string of the molecule is OC[C@H]1CCCN([C@@H]2CCc3ccccc3C2)C1. The molecule has 1 saturated heterocycles. The van der Waals surface area contributed by atoms with E-state index < -0.39 is 0 Å². The number of fused-ring (bicyclic) bond motifs is 1. The molecule has 0 aromatic heterocycles. The first-order valence-electron chi connectivity index (χ1n) is 7.28. The smallest absolute Gasteiger partial charge is 0.0471 e. The maximum Gasteiger partial charge on any atom is 0.0471 e. The highest BCUT2D eigenvalue weighted by atomic mass is 16.3. The lowest BCUT2D eigenvalue weighted by Crippen LogP contribution is -2.45. The normalized spacial score (nSPS) is 28.9. The number of piperidine rings is 1. The van der Waals surface area contributed by atoms with Gasteiger partial charge in [-0.25, -0.2) is 0 Å². The molecule has 18 heavy (non-hydrogen) atoms. The number of aliphatic hydroxyl groups is 1. The highest BCUT2D eigenvalue weighted by Crippen LogP contribution is 2.27. The highest BCUT2D eigenvalue weighted by Gasteiger charge is 2.28. The number of aliphatic hydroxyl groups excluding tert-OH is 1. The van der Waals surface area contributed by atoms with Gasteiger partial charge in [0, 0.05) is 19.2 Å². The van der Waals surface area contributed by atoms with Crippen LogP contribution < -0.4 is 0 Å². The van der Waals surface area contributed by atoms with Gasteiger partial charge in [-0.2, -0.15) is 0 Å². The van der Waals surface area contributed by atoms with Crippen LogP contribution in [0.15, 0.2) is 24.3 Å². The van der Waals surface area contributed by atoms with E-state index in [0.717, 1.165) is 6.54 Å². The van der Waals surface area contributed by atoms with Crippen LogP contribution in [0, 0.1) is 5.92 Å². The van der Waals surface area contributed by atoms with Gasteiger partial charge in [0.15, 0.2) is 0 Å². The van der Waals surface area contributed by atoms with Crippen LogP contribution in [0.5, 0.6) is 0 Å². The summed E-state index contributed by atoms with van der Waals surface area (Å²) in [4.78, 5) is 2.63. The molecule has 0 bridgehead atoms. The van der Waals surface area contributed by atoms with E-state index in [1.54, 1.807) is 11.1 Å². The van der Waals surface area contributed by atoms with Gasteiger partial charge in [-0.15, -0.1) is 0 Å². The average Bonchev–Trinajstić information content (AvgIpc) is 2.47. The first kappa shape index (κ1) is 12.2. The second kappa shape index (κ2) is 5.41. The summed E-state index contributed by atoms with van der Waals surface area (Å²) in [6.45, 7) is 2.69. The van der Waals surface area contributed by atoms with Gasteiger partial charge in [0.2, 0.25) is 0 Å². The molecule has 1 N–H and O–H groups in total. The summed E-state index contributed by atoms with van der Waals surface area (Å²) >= 11 is 0. The monoisotopic (exact) mass is 245 g/mol. The summed E-state index contributed by atoms with van der Waals surface area (Å²) in [6.07, 6.45) is 6.17. The molecular formula is C16H23NO. The zero-order chi connectivity index (χ0) is 12.4. The Kier molecular flexibility index (Phi) is 3.67. The van der Waals surface area contributed by atoms with Crippen LogP contribution in [0.2, 0.25) is 0 Å². The molecule has 2 nitrogen and oxygen atoms in total. The second-order valence-corrected chi connectivity index (χ2v) is 5.85. The fraction of sp³-hybridized carbons (Fsp3) is 0.625. The zero-order valence-electron chi connectivity index (χ0n) is 11.0. The fourth-order valence-electron chi connectivity index (χ4n) is 3.57. The predicted molar refractivity (Wildman–Crippen MR) is 73.6 cm³/mol. The molecule has 1 aliphatic heterocycles. The second-order valence-electron chi connectivity index (χ2n) is 5.85. The summed E-state index contributed by atoms with van der Waals surface area (Å²) in [7, 11) is 0. The van der Waals surface area contributed by atoms with Crippen LogP contribution in [0.4, 0.5) is 0 Å². The van der Waals surface area contributed by atoms with Gasteiger partial charge in [-0.05, 0) is 55.7 Å². The van der Waals surface area contributed by atoms with Crippen LogP contribution >= 0.6 is 0 Å². The number of benzene rings is 1. The number of aryl methyl sites for hydroxylation is 1. The van der Waals surface area contributed by atoms with Gasteiger partial charge in [-0.1, -0.05) is 24.3 Å². The topological polar surface area (TPSA) is 23.5 Å². The van der Waals surface area contributed by atoms with Crippen molar-refractivity contribution in [3.63, 3.8) is 0 Å². The van der Waals surface area contributed by atoms with E-state index in [2.05, 4.69) is 29.2 Å². The Bertz CT molecular complexity index is 404. The minimum atomic E-state index is 0.361. The lowest BCUT2D eigenvalue weighted by molar-refractivity contribution is 0.0820. The molecular weight excluding hydrogens is 222 g/mol. The summed E-state index contributed by atoms with van der Waals surface area (Å²) in [5.74, 6) is 0.510. The maximum absolute atomic E-state index is 9.34. The molecule has 1 aliphatic carbocycles. The van der Waals surface area contributed by atoms with Crippen molar-refractivity contribution in [1.29, 1.82) is 0 Å². The van der Waals surface area contributed by atoms with Crippen LogP contribution in [0.1, 0.15) is 30.4 Å². The third-order valence-corrected chi connectivity index (χ3v) is 4.65. The number of nitrogens with zero attached hydrogens (tertiary/aromatic N) is 1. The highest BCUT2D eigenvalue weighted by molar-refractivity contribution is 5.30. The van der Waals surface area contributed by atoms with Crippen molar-refractivity contribution in [2.75, 3.05) is 19.7 Å². The minimum Gasteiger partial charge on any atom is -0.396 e. The Morgan fingerprint density at radius 3 is 2.83 bits per heavy atom. The van der Waals surface area contributed by atoms with E-state index >= 15 is 0 Å². The van der Waals surface area contributed by atoms with Crippen molar-refractivity contribution in [1.82, 2.24) is 4.90 Å². The lowest BCUT2D eigenvalue weighted by Gasteiger charge is -2.40. The number of rotatable bonds is 2. The standard InChI is InChI=1S/C16H23NO/c18-12-13-4-3-9-17(11-13)16-8-7-14-5-1-2-6-15(14)10-16/h1-2,5-6,13,16,18H,3-4,7-12H2/t13-,16+/m0/s1. The molecule has 0 radical (unpaired) electrons. The quantitative estimate of drug-likeness (QED) is 0.864. The Morgan fingerprint density at radius 1 is 1.17 bits per heavy atom. The largest absolute Gasteiger partial charge is 0.396 e. The molecule has 2 aliphatic rings. The minimum absolute atomic E-state index is 0.361. The lowest BCUT2D eigenvalue weighted by atomic mass is 9.86. The Labute approximate surface area is 110 Å². The molecule has 1 aromatic rings. The average molecular weight is 245 g/mol. The van der Waals surface area contributed by atoms with E-state index in [4.69, 9.17) is 0 Å². The molecule has 1 aromatic carbocycles. The summed E-state index contributed by atoms with van der Waals surface area (Å²) in [6, 6.07) is 9.58. The number of hydrogen-bond acceptors (Lipinski definition) is 2. The first-order chi connectivity index (χ1) is 8.86. The molecule has 0 saturated carbocycles. The molecule has 0 spiro atoms. The Morgan fingerprint density at radius 2 is 2.00 bits per heavy atom. The Hall–Kier alpha value is -0.860. The van der Waals surface area contributed by atoms with Gasteiger partial charge >= 0.3 is 0 Å². The van der Waals surface area contributed by atoms with E-state index in [1.807, 2.05) is 0 Å².